The molecule has 0 unspecified atom stereocenters. The standard InChI is InChI=1S/C24H29N7Si2/c1-32(2,3)21-9-17(23-27-13-25-14-28-23)7-19(11-21)31-20-8-18(24-29-15-26-16-30-24)10-22(12-20)33(4,5)6/h7-16,31H,1-6H3. The van der Waals surface area contributed by atoms with Gasteiger partial charge in [0.15, 0.2) is 11.6 Å². The van der Waals surface area contributed by atoms with E-state index >= 15 is 0 Å². The van der Waals surface area contributed by atoms with Gasteiger partial charge in [0.05, 0.1) is 16.1 Å². The Labute approximate surface area is 196 Å². The summed E-state index contributed by atoms with van der Waals surface area (Å²) >= 11 is 0. The number of benzene rings is 2. The predicted octanol–water partition coefficient (Wildman–Crippen LogP) is 4.22. The van der Waals surface area contributed by atoms with E-state index in [2.05, 4.69) is 111 Å². The first-order valence-electron chi connectivity index (χ1n) is 10.9. The largest absolute Gasteiger partial charge is 0.355 e. The van der Waals surface area contributed by atoms with Crippen LogP contribution in [0.15, 0.2) is 61.7 Å². The zero-order valence-electron chi connectivity index (χ0n) is 20.0. The molecule has 0 radical (unpaired) electrons. The van der Waals surface area contributed by atoms with Gasteiger partial charge in [0, 0.05) is 22.5 Å². The van der Waals surface area contributed by atoms with Crippen molar-refractivity contribution in [3.8, 4) is 22.8 Å². The molecule has 4 aromatic rings. The molecule has 0 spiro atoms. The van der Waals surface area contributed by atoms with E-state index in [1.165, 1.54) is 35.7 Å². The number of nitrogens with zero attached hydrogens (tertiary/aromatic N) is 6. The maximum atomic E-state index is 4.37. The first kappa shape index (κ1) is 22.9. The Hall–Kier alpha value is -3.31. The normalized spacial score (nSPS) is 11.9. The van der Waals surface area contributed by atoms with E-state index in [-0.39, 0.29) is 0 Å². The van der Waals surface area contributed by atoms with Crippen LogP contribution in [0, 0.1) is 0 Å². The van der Waals surface area contributed by atoms with Crippen molar-refractivity contribution in [2.45, 2.75) is 39.3 Å². The van der Waals surface area contributed by atoms with Gasteiger partial charge in [-0.3, -0.25) is 0 Å². The molecule has 1 N–H and O–H groups in total. The van der Waals surface area contributed by atoms with Gasteiger partial charge >= 0.3 is 0 Å². The quantitative estimate of drug-likeness (QED) is 0.421. The zero-order valence-corrected chi connectivity index (χ0v) is 22.0. The Morgan fingerprint density at radius 3 is 1.21 bits per heavy atom. The predicted molar refractivity (Wildman–Crippen MR) is 140 cm³/mol. The number of hydrogen-bond donors (Lipinski definition) is 1. The molecule has 2 heterocycles. The molecule has 0 bridgehead atoms. The second-order valence-corrected chi connectivity index (χ2v) is 20.3. The maximum Gasteiger partial charge on any atom is 0.162 e. The van der Waals surface area contributed by atoms with Crippen LogP contribution in [0.1, 0.15) is 0 Å². The van der Waals surface area contributed by atoms with Crippen LogP contribution in [0.3, 0.4) is 0 Å². The second-order valence-electron chi connectivity index (χ2n) is 10.1. The van der Waals surface area contributed by atoms with Crippen molar-refractivity contribution >= 4 is 37.9 Å². The van der Waals surface area contributed by atoms with Crippen molar-refractivity contribution in [1.29, 1.82) is 0 Å². The average molecular weight is 472 g/mol. The summed E-state index contributed by atoms with van der Waals surface area (Å²) < 4.78 is 0. The van der Waals surface area contributed by atoms with E-state index in [1.807, 2.05) is 0 Å². The third-order valence-corrected chi connectivity index (χ3v) is 9.43. The summed E-state index contributed by atoms with van der Waals surface area (Å²) in [5.41, 5.74) is 4.00. The van der Waals surface area contributed by atoms with Crippen molar-refractivity contribution in [3.63, 3.8) is 0 Å². The molecule has 9 heteroatoms. The van der Waals surface area contributed by atoms with Gasteiger partial charge in [-0.05, 0) is 24.3 Å². The fourth-order valence-corrected chi connectivity index (χ4v) is 5.82. The van der Waals surface area contributed by atoms with Gasteiger partial charge in [0.25, 0.3) is 0 Å². The van der Waals surface area contributed by atoms with Crippen LogP contribution in [0.4, 0.5) is 11.4 Å². The van der Waals surface area contributed by atoms with Crippen molar-refractivity contribution in [3.05, 3.63) is 61.7 Å². The van der Waals surface area contributed by atoms with Crippen molar-refractivity contribution in [1.82, 2.24) is 29.9 Å². The van der Waals surface area contributed by atoms with Crippen molar-refractivity contribution in [2.24, 2.45) is 0 Å². The number of hydrogen-bond acceptors (Lipinski definition) is 7. The van der Waals surface area contributed by atoms with E-state index in [1.54, 1.807) is 0 Å². The maximum absolute atomic E-state index is 4.37. The van der Waals surface area contributed by atoms with Gasteiger partial charge in [-0.15, -0.1) is 0 Å². The van der Waals surface area contributed by atoms with Crippen LogP contribution in [-0.2, 0) is 0 Å². The monoisotopic (exact) mass is 471 g/mol. The van der Waals surface area contributed by atoms with Gasteiger partial charge in [0.2, 0.25) is 0 Å². The third kappa shape index (κ3) is 5.55. The van der Waals surface area contributed by atoms with Crippen LogP contribution < -0.4 is 15.7 Å². The van der Waals surface area contributed by atoms with E-state index in [9.17, 15) is 0 Å². The number of aromatic nitrogens is 6. The summed E-state index contributed by atoms with van der Waals surface area (Å²) in [4.78, 5) is 25.4. The SMILES string of the molecule is C[Si](C)(C)c1cc(Nc2cc(-c3ncncn3)cc([Si](C)(C)C)c2)cc(-c2ncncn2)c1. The Balaban J connectivity index is 1.81. The molecule has 2 aromatic heterocycles. The van der Waals surface area contributed by atoms with E-state index in [0.29, 0.717) is 11.6 Å². The lowest BCUT2D eigenvalue weighted by atomic mass is 10.1. The minimum absolute atomic E-state index is 0.676. The summed E-state index contributed by atoms with van der Waals surface area (Å²) in [6.07, 6.45) is 6.15. The highest BCUT2D eigenvalue weighted by molar-refractivity contribution is 6.89. The molecule has 33 heavy (non-hydrogen) atoms. The van der Waals surface area contributed by atoms with Gasteiger partial charge in [0.1, 0.15) is 25.3 Å². The van der Waals surface area contributed by atoms with Crippen LogP contribution in [-0.4, -0.2) is 46.1 Å². The highest BCUT2D eigenvalue weighted by atomic mass is 28.3. The van der Waals surface area contributed by atoms with E-state index in [4.69, 9.17) is 0 Å². The van der Waals surface area contributed by atoms with Crippen LogP contribution in [0.25, 0.3) is 22.8 Å². The van der Waals surface area contributed by atoms with Gasteiger partial charge in [-0.1, -0.05) is 61.8 Å². The molecule has 0 amide bonds. The first-order chi connectivity index (χ1) is 15.6. The summed E-state index contributed by atoms with van der Waals surface area (Å²) in [6.45, 7) is 14.0. The van der Waals surface area contributed by atoms with Crippen molar-refractivity contribution < 1.29 is 0 Å². The summed E-state index contributed by atoms with van der Waals surface area (Å²) in [7, 11) is -3.16. The molecule has 0 aliphatic heterocycles. The molecule has 0 saturated carbocycles. The third-order valence-electron chi connectivity index (χ3n) is 5.39. The molecule has 0 atom stereocenters. The van der Waals surface area contributed by atoms with Gasteiger partial charge in [-0.25, -0.2) is 29.9 Å². The molecule has 0 fully saturated rings. The highest BCUT2D eigenvalue weighted by Crippen LogP contribution is 2.26. The van der Waals surface area contributed by atoms with E-state index < -0.39 is 16.1 Å². The molecular weight excluding hydrogens is 442 g/mol. The summed E-state index contributed by atoms with van der Waals surface area (Å²) in [5.74, 6) is 1.35. The smallest absolute Gasteiger partial charge is 0.162 e. The molecule has 0 aliphatic rings. The highest BCUT2D eigenvalue weighted by Gasteiger charge is 2.21. The van der Waals surface area contributed by atoms with Crippen LogP contribution >= 0.6 is 0 Å². The van der Waals surface area contributed by atoms with Crippen LogP contribution in [0.5, 0.6) is 0 Å². The molecule has 4 rings (SSSR count). The molecule has 0 saturated heterocycles. The number of nitrogens with one attached hydrogen (secondary N) is 1. The van der Waals surface area contributed by atoms with Crippen molar-refractivity contribution in [2.75, 3.05) is 5.32 Å². The van der Waals surface area contributed by atoms with Crippen LogP contribution in [0.2, 0.25) is 39.3 Å². The minimum atomic E-state index is -1.58. The van der Waals surface area contributed by atoms with Gasteiger partial charge in [-0.2, -0.15) is 0 Å². The average Bonchev–Trinajstić information content (AvgIpc) is 2.79. The Bertz CT molecular complexity index is 1150. The fraction of sp³-hybridized carbons (Fsp3) is 0.250. The Morgan fingerprint density at radius 2 is 0.879 bits per heavy atom. The zero-order chi connectivity index (χ0) is 23.6. The summed E-state index contributed by atoms with van der Waals surface area (Å²) in [6, 6.07) is 13.1. The lowest BCUT2D eigenvalue weighted by Gasteiger charge is -2.22. The Morgan fingerprint density at radius 1 is 0.515 bits per heavy atom. The number of rotatable bonds is 6. The lowest BCUT2D eigenvalue weighted by Crippen LogP contribution is -2.38. The molecule has 0 aliphatic carbocycles. The summed E-state index contributed by atoms with van der Waals surface area (Å²) in [5, 5.41) is 6.32. The lowest BCUT2D eigenvalue weighted by molar-refractivity contribution is 1.06. The molecule has 168 valence electrons. The fourth-order valence-electron chi connectivity index (χ4n) is 3.47. The topological polar surface area (TPSA) is 89.4 Å². The Kier molecular flexibility index (Phi) is 6.18. The number of anilines is 2. The minimum Gasteiger partial charge on any atom is -0.355 e. The van der Waals surface area contributed by atoms with Gasteiger partial charge < -0.3 is 5.32 Å². The molecule has 2 aromatic carbocycles. The van der Waals surface area contributed by atoms with E-state index in [0.717, 1.165) is 22.5 Å². The second kappa shape index (κ2) is 8.91. The molecule has 7 nitrogen and oxygen atoms in total. The first-order valence-corrected chi connectivity index (χ1v) is 17.9. The molecular formula is C24H29N7Si2.